The summed E-state index contributed by atoms with van der Waals surface area (Å²) in [6.07, 6.45) is -0.896. The minimum absolute atomic E-state index is 0.0444. The van der Waals surface area contributed by atoms with E-state index < -0.39 is 6.09 Å². The zero-order valence-corrected chi connectivity index (χ0v) is 14.4. The van der Waals surface area contributed by atoms with E-state index in [4.69, 9.17) is 14.2 Å². The van der Waals surface area contributed by atoms with Crippen molar-refractivity contribution in [3.05, 3.63) is 54.6 Å². The van der Waals surface area contributed by atoms with Crippen LogP contribution in [0.4, 0.5) is 10.5 Å². The van der Waals surface area contributed by atoms with Gasteiger partial charge >= 0.3 is 6.09 Å². The molecule has 2 aromatic carbocycles. The molecule has 3 rings (SSSR count). The van der Waals surface area contributed by atoms with E-state index in [0.29, 0.717) is 18.0 Å². The molecule has 7 heteroatoms. The molecular weight excluding hydrogens is 336 g/mol. The number of carbonyl (C=O) groups is 2. The Morgan fingerprint density at radius 3 is 2.73 bits per heavy atom. The Kier molecular flexibility index (Phi) is 5.70. The van der Waals surface area contributed by atoms with Gasteiger partial charge in [-0.15, -0.1) is 0 Å². The summed E-state index contributed by atoms with van der Waals surface area (Å²) in [6, 6.07) is 16.0. The minimum Gasteiger partial charge on any atom is -0.497 e. The van der Waals surface area contributed by atoms with Gasteiger partial charge in [-0.3, -0.25) is 4.79 Å². The van der Waals surface area contributed by atoms with Gasteiger partial charge < -0.3 is 24.4 Å². The van der Waals surface area contributed by atoms with Gasteiger partial charge in [-0.1, -0.05) is 24.3 Å². The highest BCUT2D eigenvalue weighted by Gasteiger charge is 2.28. The van der Waals surface area contributed by atoms with Crippen molar-refractivity contribution < 1.29 is 23.8 Å². The number of nitrogens with zero attached hydrogens (tertiary/aromatic N) is 1. The number of benzene rings is 2. The average Bonchev–Trinajstić information content (AvgIpc) is 2.68. The molecule has 1 N–H and O–H groups in total. The van der Waals surface area contributed by atoms with Crippen molar-refractivity contribution in [1.82, 2.24) is 5.32 Å². The van der Waals surface area contributed by atoms with Crippen LogP contribution < -0.4 is 19.7 Å². The monoisotopic (exact) mass is 356 g/mol. The molecule has 0 spiro atoms. The predicted molar refractivity (Wildman–Crippen MR) is 95.6 cm³/mol. The smallest absolute Gasteiger partial charge is 0.412 e. The molecule has 1 aliphatic heterocycles. The highest BCUT2D eigenvalue weighted by Crippen LogP contribution is 2.23. The Morgan fingerprint density at radius 1 is 1.19 bits per heavy atom. The average molecular weight is 356 g/mol. The van der Waals surface area contributed by atoms with Gasteiger partial charge in [0.25, 0.3) is 5.91 Å². The zero-order chi connectivity index (χ0) is 18.4. The summed E-state index contributed by atoms with van der Waals surface area (Å²) in [5.74, 6) is 0.993. The maximum absolute atomic E-state index is 12.2. The highest BCUT2D eigenvalue weighted by atomic mass is 16.6. The first kappa shape index (κ1) is 17.8. The van der Waals surface area contributed by atoms with Gasteiger partial charge in [0.05, 0.1) is 19.8 Å². The van der Waals surface area contributed by atoms with Crippen molar-refractivity contribution >= 4 is 17.7 Å². The lowest BCUT2D eigenvalue weighted by Gasteiger charge is -2.32. The number of hydrogen-bond donors (Lipinski definition) is 1. The molecule has 1 unspecified atom stereocenters. The van der Waals surface area contributed by atoms with E-state index in [2.05, 4.69) is 5.32 Å². The number of ether oxygens (including phenoxy) is 3. The maximum Gasteiger partial charge on any atom is 0.412 e. The lowest BCUT2D eigenvalue weighted by molar-refractivity contribution is -0.129. The summed E-state index contributed by atoms with van der Waals surface area (Å²) < 4.78 is 15.9. The second kappa shape index (κ2) is 8.35. The third-order valence-corrected chi connectivity index (χ3v) is 3.92. The Hall–Kier alpha value is -3.06. The molecule has 0 aliphatic carbocycles. The lowest BCUT2D eigenvalue weighted by Crippen LogP contribution is -2.51. The van der Waals surface area contributed by atoms with Gasteiger partial charge in [0.2, 0.25) is 0 Å². The first-order valence-electron chi connectivity index (χ1n) is 8.22. The van der Waals surface area contributed by atoms with Gasteiger partial charge in [0.1, 0.15) is 18.1 Å². The van der Waals surface area contributed by atoms with E-state index in [1.54, 1.807) is 42.3 Å². The molecule has 0 saturated carbocycles. The minimum atomic E-state index is -0.565. The summed E-state index contributed by atoms with van der Waals surface area (Å²) in [5.41, 5.74) is 0.731. The van der Waals surface area contributed by atoms with Gasteiger partial charge in [0.15, 0.2) is 0 Å². The van der Waals surface area contributed by atoms with Crippen LogP contribution in [0.2, 0.25) is 0 Å². The maximum atomic E-state index is 12.2. The van der Waals surface area contributed by atoms with E-state index in [-0.39, 0.29) is 25.2 Å². The van der Waals surface area contributed by atoms with Crippen molar-refractivity contribution in [2.45, 2.75) is 6.10 Å². The fourth-order valence-corrected chi connectivity index (χ4v) is 2.61. The molecule has 0 bridgehead atoms. The Balaban J connectivity index is 1.56. The van der Waals surface area contributed by atoms with Crippen molar-refractivity contribution in [3.63, 3.8) is 0 Å². The number of nitrogens with one attached hydrogen (secondary N) is 1. The number of para-hydroxylation sites is 1. The van der Waals surface area contributed by atoms with E-state index >= 15 is 0 Å². The summed E-state index contributed by atoms with van der Waals surface area (Å²) in [6.45, 7) is 0.522. The van der Waals surface area contributed by atoms with Crippen LogP contribution in [0.1, 0.15) is 0 Å². The molecule has 1 saturated heterocycles. The molecule has 2 aromatic rings. The van der Waals surface area contributed by atoms with Crippen molar-refractivity contribution in [1.29, 1.82) is 0 Å². The molecular formula is C19H20N2O5. The third kappa shape index (κ3) is 4.52. The molecule has 136 valence electrons. The molecule has 0 aromatic heterocycles. The summed E-state index contributed by atoms with van der Waals surface area (Å²) >= 11 is 0. The Morgan fingerprint density at radius 2 is 1.96 bits per heavy atom. The van der Waals surface area contributed by atoms with E-state index in [1.165, 1.54) is 0 Å². The quantitative estimate of drug-likeness (QED) is 0.889. The van der Waals surface area contributed by atoms with Crippen LogP contribution >= 0.6 is 0 Å². The number of amides is 2. The molecule has 26 heavy (non-hydrogen) atoms. The number of rotatable bonds is 5. The standard InChI is InChI=1S/C19H20N2O5/c1-24-16-9-5-6-14(10-16)21-12-17(25-13-18(21)22)11-20-19(23)26-15-7-3-2-4-8-15/h2-10,17H,11-13H2,1H3,(H,20,23). The SMILES string of the molecule is COc1cccc(N2CC(CNC(=O)Oc3ccccc3)OCC2=O)c1. The molecule has 7 nitrogen and oxygen atoms in total. The number of methoxy groups -OCH3 is 1. The number of hydrogen-bond acceptors (Lipinski definition) is 5. The lowest BCUT2D eigenvalue weighted by atomic mass is 10.2. The van der Waals surface area contributed by atoms with E-state index in [9.17, 15) is 9.59 Å². The fourth-order valence-electron chi connectivity index (χ4n) is 2.61. The van der Waals surface area contributed by atoms with Crippen molar-refractivity contribution in [2.75, 3.05) is 31.7 Å². The molecule has 2 amide bonds. The van der Waals surface area contributed by atoms with E-state index in [0.717, 1.165) is 5.69 Å². The van der Waals surface area contributed by atoms with Crippen LogP contribution in [-0.2, 0) is 9.53 Å². The summed E-state index contributed by atoms with van der Waals surface area (Å²) in [7, 11) is 1.57. The van der Waals surface area contributed by atoms with Crippen molar-refractivity contribution in [2.24, 2.45) is 0 Å². The van der Waals surface area contributed by atoms with E-state index in [1.807, 2.05) is 24.3 Å². The van der Waals surface area contributed by atoms with Crippen LogP contribution in [0, 0.1) is 0 Å². The topological polar surface area (TPSA) is 77.1 Å². The molecule has 1 atom stereocenters. The second-order valence-corrected chi connectivity index (χ2v) is 5.72. The summed E-state index contributed by atoms with van der Waals surface area (Å²) in [5, 5.41) is 2.66. The molecule has 1 fully saturated rings. The molecule has 1 aliphatic rings. The van der Waals surface area contributed by atoms with Crippen LogP contribution in [-0.4, -0.2) is 44.9 Å². The van der Waals surface area contributed by atoms with Crippen LogP contribution in [0.3, 0.4) is 0 Å². The highest BCUT2D eigenvalue weighted by molar-refractivity contribution is 5.95. The predicted octanol–water partition coefficient (Wildman–Crippen LogP) is 2.22. The van der Waals surface area contributed by atoms with Crippen LogP contribution in [0.15, 0.2) is 54.6 Å². The van der Waals surface area contributed by atoms with Gasteiger partial charge in [-0.2, -0.15) is 0 Å². The number of anilines is 1. The summed E-state index contributed by atoms with van der Waals surface area (Å²) in [4.78, 5) is 25.7. The first-order valence-corrected chi connectivity index (χ1v) is 8.22. The fraction of sp³-hybridized carbons (Fsp3) is 0.263. The normalized spacial score (nSPS) is 16.9. The van der Waals surface area contributed by atoms with Gasteiger partial charge in [-0.25, -0.2) is 4.79 Å². The first-order chi connectivity index (χ1) is 12.7. The zero-order valence-electron chi connectivity index (χ0n) is 14.4. The van der Waals surface area contributed by atoms with Crippen LogP contribution in [0.25, 0.3) is 0 Å². The third-order valence-electron chi connectivity index (χ3n) is 3.92. The van der Waals surface area contributed by atoms with Gasteiger partial charge in [-0.05, 0) is 24.3 Å². The van der Waals surface area contributed by atoms with Crippen molar-refractivity contribution in [3.8, 4) is 11.5 Å². The van der Waals surface area contributed by atoms with Gasteiger partial charge in [0, 0.05) is 18.3 Å². The number of carbonyl (C=O) groups excluding carboxylic acids is 2. The Bertz CT molecular complexity index is 766. The van der Waals surface area contributed by atoms with Crippen LogP contribution in [0.5, 0.6) is 11.5 Å². The Labute approximate surface area is 151 Å². The second-order valence-electron chi connectivity index (χ2n) is 5.72. The largest absolute Gasteiger partial charge is 0.497 e. The number of morpholine rings is 1. The molecule has 0 radical (unpaired) electrons. The molecule has 1 heterocycles.